The minimum Gasteiger partial charge on any atom is -0.368 e. The Bertz CT molecular complexity index is 755. The van der Waals surface area contributed by atoms with Crippen molar-refractivity contribution < 1.29 is 0 Å². The van der Waals surface area contributed by atoms with E-state index in [2.05, 4.69) is 33.4 Å². The number of nitrogens with zero attached hydrogens (tertiary/aromatic N) is 5. The van der Waals surface area contributed by atoms with Crippen LogP contribution in [0, 0.1) is 13.8 Å². The Kier molecular flexibility index (Phi) is 3.60. The Labute approximate surface area is 123 Å². The highest BCUT2D eigenvalue weighted by Gasteiger charge is 2.06. The number of pyridine rings is 1. The first-order valence-electron chi connectivity index (χ1n) is 7.16. The molecule has 0 aliphatic carbocycles. The van der Waals surface area contributed by atoms with Crippen molar-refractivity contribution in [2.45, 2.75) is 26.8 Å². The molecule has 0 unspecified atom stereocenters. The molecule has 3 rings (SSSR count). The van der Waals surface area contributed by atoms with Gasteiger partial charge in [0.1, 0.15) is 5.52 Å². The van der Waals surface area contributed by atoms with E-state index in [1.807, 2.05) is 41.8 Å². The lowest BCUT2D eigenvalue weighted by Crippen LogP contribution is -2.10. The van der Waals surface area contributed by atoms with Crippen LogP contribution in [0.1, 0.15) is 17.8 Å². The molecule has 0 aliphatic heterocycles. The van der Waals surface area contributed by atoms with E-state index in [4.69, 9.17) is 0 Å². The first kappa shape index (κ1) is 13.6. The molecule has 3 aromatic heterocycles. The summed E-state index contributed by atoms with van der Waals surface area (Å²) in [5, 5.41) is 7.84. The molecule has 0 bridgehead atoms. The van der Waals surface area contributed by atoms with E-state index in [-0.39, 0.29) is 0 Å². The maximum absolute atomic E-state index is 4.47. The fourth-order valence-corrected chi connectivity index (χ4v) is 2.53. The van der Waals surface area contributed by atoms with E-state index in [9.17, 15) is 0 Å². The summed E-state index contributed by atoms with van der Waals surface area (Å²) in [6, 6.07) is 4.08. The highest BCUT2D eigenvalue weighted by molar-refractivity contribution is 5.85. The summed E-state index contributed by atoms with van der Waals surface area (Å²) >= 11 is 0. The summed E-state index contributed by atoms with van der Waals surface area (Å²) in [4.78, 5) is 8.77. The molecule has 0 saturated carbocycles. The number of nitrogens with one attached hydrogen (secondary N) is 1. The van der Waals surface area contributed by atoms with Crippen LogP contribution in [-0.2, 0) is 13.6 Å². The zero-order valence-electron chi connectivity index (χ0n) is 12.7. The van der Waals surface area contributed by atoms with Crippen molar-refractivity contribution in [1.82, 2.24) is 24.3 Å². The molecule has 0 fully saturated rings. The minimum atomic E-state index is 0.848. The van der Waals surface area contributed by atoms with Crippen molar-refractivity contribution in [1.29, 1.82) is 0 Å². The van der Waals surface area contributed by atoms with Gasteiger partial charge in [-0.05, 0) is 32.4 Å². The van der Waals surface area contributed by atoms with Gasteiger partial charge in [0.05, 0.1) is 17.5 Å². The first-order valence-corrected chi connectivity index (χ1v) is 7.16. The molecule has 0 amide bonds. The number of imidazole rings is 1. The maximum atomic E-state index is 4.47. The van der Waals surface area contributed by atoms with Gasteiger partial charge in [0.25, 0.3) is 0 Å². The molecule has 3 aromatic rings. The normalized spacial score (nSPS) is 11.2. The van der Waals surface area contributed by atoms with Crippen molar-refractivity contribution in [3.05, 3.63) is 36.0 Å². The van der Waals surface area contributed by atoms with E-state index in [1.165, 1.54) is 5.69 Å². The zero-order chi connectivity index (χ0) is 14.8. The molecular formula is C15H20N6. The summed E-state index contributed by atoms with van der Waals surface area (Å²) in [6.07, 6.45) is 4.62. The van der Waals surface area contributed by atoms with Crippen molar-refractivity contribution in [2.75, 3.05) is 11.9 Å². The Morgan fingerprint density at radius 2 is 2.10 bits per heavy atom. The second-order valence-corrected chi connectivity index (χ2v) is 5.31. The summed E-state index contributed by atoms with van der Waals surface area (Å²) in [5.41, 5.74) is 4.29. The van der Waals surface area contributed by atoms with Gasteiger partial charge in [-0.3, -0.25) is 4.68 Å². The summed E-state index contributed by atoms with van der Waals surface area (Å²) in [7, 11) is 1.99. The summed E-state index contributed by atoms with van der Waals surface area (Å²) in [6.45, 7) is 5.86. The van der Waals surface area contributed by atoms with Crippen LogP contribution in [0.5, 0.6) is 0 Å². The van der Waals surface area contributed by atoms with E-state index in [0.29, 0.717) is 0 Å². The summed E-state index contributed by atoms with van der Waals surface area (Å²) in [5.74, 6) is 0.849. The number of aromatic nitrogens is 5. The smallest absolute Gasteiger partial charge is 0.154 e. The van der Waals surface area contributed by atoms with E-state index >= 15 is 0 Å². The van der Waals surface area contributed by atoms with Crippen LogP contribution in [0.4, 0.5) is 5.82 Å². The van der Waals surface area contributed by atoms with Gasteiger partial charge in [0.2, 0.25) is 0 Å². The van der Waals surface area contributed by atoms with Crippen LogP contribution in [-0.4, -0.2) is 30.9 Å². The molecule has 0 saturated heterocycles. The van der Waals surface area contributed by atoms with Gasteiger partial charge in [-0.2, -0.15) is 5.10 Å². The van der Waals surface area contributed by atoms with E-state index in [1.54, 1.807) is 0 Å². The van der Waals surface area contributed by atoms with Gasteiger partial charge in [0, 0.05) is 32.0 Å². The molecule has 0 spiro atoms. The summed E-state index contributed by atoms with van der Waals surface area (Å²) < 4.78 is 4.05. The molecule has 0 atom stereocenters. The van der Waals surface area contributed by atoms with Crippen molar-refractivity contribution in [2.24, 2.45) is 7.05 Å². The molecule has 0 aromatic carbocycles. The molecule has 1 N–H and O–H groups in total. The quantitative estimate of drug-likeness (QED) is 0.730. The van der Waals surface area contributed by atoms with Crippen molar-refractivity contribution >= 4 is 16.9 Å². The number of rotatable bonds is 5. The topological polar surface area (TPSA) is 60.6 Å². The average molecular weight is 284 g/mol. The van der Waals surface area contributed by atoms with Gasteiger partial charge in [-0.15, -0.1) is 0 Å². The Balaban J connectivity index is 1.61. The van der Waals surface area contributed by atoms with Crippen LogP contribution < -0.4 is 5.32 Å². The first-order chi connectivity index (χ1) is 10.1. The predicted molar refractivity (Wildman–Crippen MR) is 83.3 cm³/mol. The zero-order valence-corrected chi connectivity index (χ0v) is 12.7. The van der Waals surface area contributed by atoms with Crippen molar-refractivity contribution in [3.8, 4) is 0 Å². The fraction of sp³-hybridized carbons (Fsp3) is 0.400. The fourth-order valence-electron chi connectivity index (χ4n) is 2.53. The van der Waals surface area contributed by atoms with Gasteiger partial charge >= 0.3 is 0 Å². The Morgan fingerprint density at radius 3 is 2.86 bits per heavy atom. The SMILES string of the molecule is Cc1cc(C)n(CCCNc2nccc3c2ncn3C)n1. The molecule has 6 nitrogen and oxygen atoms in total. The number of anilines is 1. The number of hydrogen-bond donors (Lipinski definition) is 1. The molecule has 0 aliphatic rings. The monoisotopic (exact) mass is 284 g/mol. The maximum Gasteiger partial charge on any atom is 0.154 e. The van der Waals surface area contributed by atoms with Gasteiger partial charge in [0.15, 0.2) is 5.82 Å². The lowest BCUT2D eigenvalue weighted by atomic mass is 10.3. The van der Waals surface area contributed by atoms with E-state index < -0.39 is 0 Å². The highest BCUT2D eigenvalue weighted by atomic mass is 15.3. The van der Waals surface area contributed by atoms with Crippen molar-refractivity contribution in [3.63, 3.8) is 0 Å². The third-order valence-corrected chi connectivity index (χ3v) is 3.59. The number of aryl methyl sites for hydroxylation is 4. The largest absolute Gasteiger partial charge is 0.368 e. The van der Waals surface area contributed by atoms with Gasteiger partial charge in [-0.1, -0.05) is 0 Å². The lowest BCUT2D eigenvalue weighted by molar-refractivity contribution is 0.573. The van der Waals surface area contributed by atoms with Gasteiger partial charge < -0.3 is 9.88 Å². The lowest BCUT2D eigenvalue weighted by Gasteiger charge is -2.07. The molecule has 0 radical (unpaired) electrons. The molecule has 3 heterocycles. The average Bonchev–Trinajstić information content (AvgIpc) is 2.99. The molecule has 21 heavy (non-hydrogen) atoms. The number of hydrogen-bond acceptors (Lipinski definition) is 4. The molecule has 6 heteroatoms. The van der Waals surface area contributed by atoms with Crippen LogP contribution in [0.2, 0.25) is 0 Å². The third kappa shape index (κ3) is 2.74. The van der Waals surface area contributed by atoms with Crippen LogP contribution in [0.15, 0.2) is 24.7 Å². The second kappa shape index (κ2) is 5.55. The van der Waals surface area contributed by atoms with Crippen LogP contribution in [0.25, 0.3) is 11.0 Å². The second-order valence-electron chi connectivity index (χ2n) is 5.31. The Morgan fingerprint density at radius 1 is 1.24 bits per heavy atom. The minimum absolute atomic E-state index is 0.848. The highest BCUT2D eigenvalue weighted by Crippen LogP contribution is 2.18. The third-order valence-electron chi connectivity index (χ3n) is 3.59. The van der Waals surface area contributed by atoms with Crippen LogP contribution >= 0.6 is 0 Å². The Hall–Kier alpha value is -2.37. The standard InChI is InChI=1S/C15H20N6/c1-11-9-12(2)21(19-11)8-4-6-16-15-14-13(5-7-17-15)20(3)10-18-14/h5,7,9-10H,4,6,8H2,1-3H3,(H,16,17). The predicted octanol–water partition coefficient (Wildman–Crippen LogP) is 2.28. The number of fused-ring (bicyclic) bond motifs is 1. The van der Waals surface area contributed by atoms with Gasteiger partial charge in [-0.25, -0.2) is 9.97 Å². The molecular weight excluding hydrogens is 264 g/mol. The van der Waals surface area contributed by atoms with E-state index in [0.717, 1.165) is 42.1 Å². The molecule has 110 valence electrons. The van der Waals surface area contributed by atoms with Crippen LogP contribution in [0.3, 0.4) is 0 Å².